The van der Waals surface area contributed by atoms with E-state index in [0.29, 0.717) is 25.1 Å². The maximum Gasteiger partial charge on any atom is 0.358 e. The normalized spacial score (nSPS) is 18.7. The molecule has 4 nitrogen and oxygen atoms in total. The first-order valence-corrected chi connectivity index (χ1v) is 7.49. The molecule has 1 saturated carbocycles. The Hall–Kier alpha value is -1.17. The molecule has 2 rings (SSSR count). The van der Waals surface area contributed by atoms with Crippen LogP contribution < -0.4 is 0 Å². The summed E-state index contributed by atoms with van der Waals surface area (Å²) in [4.78, 5) is 12.0. The summed E-state index contributed by atoms with van der Waals surface area (Å²) in [5.41, 5.74) is 0.759. The van der Waals surface area contributed by atoms with Gasteiger partial charge in [-0.1, -0.05) is 11.6 Å². The summed E-state index contributed by atoms with van der Waals surface area (Å²) in [5, 5.41) is 4.51. The van der Waals surface area contributed by atoms with Gasteiger partial charge in [-0.2, -0.15) is 5.10 Å². The van der Waals surface area contributed by atoms with E-state index in [4.69, 9.17) is 16.3 Å². The molecule has 1 aliphatic rings. The largest absolute Gasteiger partial charge is 0.461 e. The molecule has 118 valence electrons. The van der Waals surface area contributed by atoms with Crippen LogP contribution in [-0.4, -0.2) is 28.3 Å². The summed E-state index contributed by atoms with van der Waals surface area (Å²) in [6, 6.07) is 0. The van der Waals surface area contributed by atoms with Gasteiger partial charge in [0.15, 0.2) is 5.69 Å². The van der Waals surface area contributed by atoms with Gasteiger partial charge in [-0.15, -0.1) is 0 Å². The Morgan fingerprint density at radius 1 is 1.48 bits per heavy atom. The van der Waals surface area contributed by atoms with Crippen LogP contribution in [0.25, 0.3) is 0 Å². The lowest BCUT2D eigenvalue weighted by molar-refractivity contribution is -0.0477. The molecule has 1 aromatic rings. The number of rotatable bonds is 4. The molecule has 0 N–H and O–H groups in total. The number of aromatic nitrogens is 2. The van der Waals surface area contributed by atoms with Gasteiger partial charge in [0.25, 0.3) is 0 Å². The van der Waals surface area contributed by atoms with Crippen molar-refractivity contribution in [2.45, 2.75) is 52.0 Å². The topological polar surface area (TPSA) is 44.1 Å². The van der Waals surface area contributed by atoms with Crippen LogP contribution in [0.3, 0.4) is 0 Å². The predicted octanol–water partition coefficient (Wildman–Crippen LogP) is 3.85. The van der Waals surface area contributed by atoms with Crippen molar-refractivity contribution in [2.24, 2.45) is 5.92 Å². The van der Waals surface area contributed by atoms with Crippen molar-refractivity contribution < 1.29 is 18.3 Å². The van der Waals surface area contributed by atoms with E-state index in [0.717, 1.165) is 0 Å². The van der Waals surface area contributed by atoms with Gasteiger partial charge in [0.2, 0.25) is 5.92 Å². The molecule has 7 heteroatoms. The molecule has 0 bridgehead atoms. The minimum Gasteiger partial charge on any atom is -0.461 e. The van der Waals surface area contributed by atoms with E-state index in [1.54, 1.807) is 13.8 Å². The molecule has 0 aliphatic heterocycles. The minimum atomic E-state index is -2.56. The first kappa shape index (κ1) is 16.2. The first-order chi connectivity index (χ1) is 9.84. The third-order valence-corrected chi connectivity index (χ3v) is 4.24. The van der Waals surface area contributed by atoms with Gasteiger partial charge < -0.3 is 4.74 Å². The lowest BCUT2D eigenvalue weighted by atomic mass is 9.87. The number of halogens is 3. The number of hydrogen-bond donors (Lipinski definition) is 0. The van der Waals surface area contributed by atoms with Crippen LogP contribution in [-0.2, 0) is 11.3 Å². The number of ether oxygens (including phenoxy) is 1. The standard InChI is InChI=1S/C14H19ClF2N2O2/c1-3-21-13(20)12-11(15)9(2)18-19(12)8-10-4-6-14(16,17)7-5-10/h10H,3-8H2,1-2H3. The van der Waals surface area contributed by atoms with E-state index in [2.05, 4.69) is 5.10 Å². The second-order valence-electron chi connectivity index (χ2n) is 5.45. The highest BCUT2D eigenvalue weighted by molar-refractivity contribution is 6.34. The quantitative estimate of drug-likeness (QED) is 0.792. The lowest BCUT2D eigenvalue weighted by Gasteiger charge is -2.28. The van der Waals surface area contributed by atoms with E-state index < -0.39 is 11.9 Å². The number of hydrogen-bond acceptors (Lipinski definition) is 3. The summed E-state index contributed by atoms with van der Waals surface area (Å²) >= 11 is 6.10. The van der Waals surface area contributed by atoms with Crippen LogP contribution >= 0.6 is 11.6 Å². The molecule has 1 fully saturated rings. The van der Waals surface area contributed by atoms with Crippen LogP contribution in [0.1, 0.15) is 48.8 Å². The maximum absolute atomic E-state index is 13.2. The smallest absolute Gasteiger partial charge is 0.358 e. The molecule has 0 radical (unpaired) electrons. The fourth-order valence-corrected chi connectivity index (χ4v) is 2.83. The highest BCUT2D eigenvalue weighted by Gasteiger charge is 2.35. The van der Waals surface area contributed by atoms with E-state index in [1.807, 2.05) is 0 Å². The van der Waals surface area contributed by atoms with Crippen LogP contribution in [0, 0.1) is 12.8 Å². The van der Waals surface area contributed by atoms with Gasteiger partial charge in [-0.05, 0) is 32.6 Å². The molecular weight excluding hydrogens is 302 g/mol. The van der Waals surface area contributed by atoms with Crippen molar-refractivity contribution in [3.8, 4) is 0 Å². The second-order valence-corrected chi connectivity index (χ2v) is 5.83. The fourth-order valence-electron chi connectivity index (χ4n) is 2.61. The maximum atomic E-state index is 13.2. The fraction of sp³-hybridized carbons (Fsp3) is 0.714. The van der Waals surface area contributed by atoms with Crippen molar-refractivity contribution in [3.63, 3.8) is 0 Å². The van der Waals surface area contributed by atoms with Gasteiger partial charge in [-0.3, -0.25) is 4.68 Å². The zero-order chi connectivity index (χ0) is 15.6. The number of carbonyl (C=O) groups is 1. The molecule has 0 aromatic carbocycles. The zero-order valence-corrected chi connectivity index (χ0v) is 12.9. The SMILES string of the molecule is CCOC(=O)c1c(Cl)c(C)nn1CC1CCC(F)(F)CC1. The number of carbonyl (C=O) groups excluding carboxylic acids is 1. The Kier molecular flexibility index (Phi) is 4.86. The Labute approximate surface area is 127 Å². The molecule has 0 amide bonds. The van der Waals surface area contributed by atoms with Crippen LogP contribution in [0.4, 0.5) is 8.78 Å². The Balaban J connectivity index is 2.13. The van der Waals surface area contributed by atoms with Crippen molar-refractivity contribution in [2.75, 3.05) is 6.61 Å². The highest BCUT2D eigenvalue weighted by Crippen LogP contribution is 2.37. The summed E-state index contributed by atoms with van der Waals surface area (Å²) in [5.74, 6) is -3.00. The molecule has 0 unspecified atom stereocenters. The number of alkyl halides is 2. The van der Waals surface area contributed by atoms with E-state index >= 15 is 0 Å². The van der Waals surface area contributed by atoms with Crippen molar-refractivity contribution in [1.29, 1.82) is 0 Å². The summed E-state index contributed by atoms with van der Waals surface area (Å²) in [7, 11) is 0. The summed E-state index contributed by atoms with van der Waals surface area (Å²) in [6.45, 7) is 4.08. The predicted molar refractivity (Wildman–Crippen MR) is 74.8 cm³/mol. The molecule has 0 saturated heterocycles. The molecular formula is C14H19ClF2N2O2. The van der Waals surface area contributed by atoms with Gasteiger partial charge in [0.05, 0.1) is 17.3 Å². The third-order valence-electron chi connectivity index (χ3n) is 3.79. The average Bonchev–Trinajstić information content (AvgIpc) is 2.68. The van der Waals surface area contributed by atoms with E-state index in [9.17, 15) is 13.6 Å². The van der Waals surface area contributed by atoms with Gasteiger partial charge in [0, 0.05) is 19.4 Å². The Morgan fingerprint density at radius 2 is 2.10 bits per heavy atom. The highest BCUT2D eigenvalue weighted by atomic mass is 35.5. The van der Waals surface area contributed by atoms with Crippen LogP contribution in [0.15, 0.2) is 0 Å². The Morgan fingerprint density at radius 3 is 2.67 bits per heavy atom. The molecule has 21 heavy (non-hydrogen) atoms. The monoisotopic (exact) mass is 320 g/mol. The molecule has 1 aromatic heterocycles. The van der Waals surface area contributed by atoms with Gasteiger partial charge in [-0.25, -0.2) is 13.6 Å². The van der Waals surface area contributed by atoms with Gasteiger partial charge >= 0.3 is 5.97 Å². The van der Waals surface area contributed by atoms with Crippen molar-refractivity contribution in [3.05, 3.63) is 16.4 Å². The molecule has 0 atom stereocenters. The van der Waals surface area contributed by atoms with Crippen LogP contribution in [0.2, 0.25) is 5.02 Å². The minimum absolute atomic E-state index is 0.0770. The zero-order valence-electron chi connectivity index (χ0n) is 12.2. The number of esters is 1. The molecule has 1 heterocycles. The molecule has 1 aliphatic carbocycles. The summed E-state index contributed by atoms with van der Waals surface area (Å²) in [6.07, 6.45) is 0.623. The van der Waals surface area contributed by atoms with Crippen LogP contribution in [0.5, 0.6) is 0 Å². The second kappa shape index (κ2) is 6.30. The molecule has 0 spiro atoms. The van der Waals surface area contributed by atoms with Crippen molar-refractivity contribution >= 4 is 17.6 Å². The first-order valence-electron chi connectivity index (χ1n) is 7.12. The average molecular weight is 321 g/mol. The van der Waals surface area contributed by atoms with E-state index in [1.165, 1.54) is 4.68 Å². The van der Waals surface area contributed by atoms with Crippen molar-refractivity contribution in [1.82, 2.24) is 9.78 Å². The summed E-state index contributed by atoms with van der Waals surface area (Å²) < 4.78 is 32.8. The van der Waals surface area contributed by atoms with E-state index in [-0.39, 0.29) is 36.1 Å². The Bertz CT molecular complexity index is 521. The lowest BCUT2D eigenvalue weighted by Crippen LogP contribution is -2.28. The van der Waals surface area contributed by atoms with Gasteiger partial charge in [0.1, 0.15) is 0 Å². The number of nitrogens with zero attached hydrogens (tertiary/aromatic N) is 2. The number of aryl methyl sites for hydroxylation is 1. The third kappa shape index (κ3) is 3.73.